The van der Waals surface area contributed by atoms with Crippen LogP contribution in [0.15, 0.2) is 84.0 Å². The van der Waals surface area contributed by atoms with Crippen molar-refractivity contribution in [3.8, 4) is 0 Å². The van der Waals surface area contributed by atoms with Gasteiger partial charge in [0, 0.05) is 28.3 Å². The van der Waals surface area contributed by atoms with E-state index >= 15 is 0 Å². The van der Waals surface area contributed by atoms with Gasteiger partial charge >= 0.3 is 0 Å². The predicted molar refractivity (Wildman–Crippen MR) is 121 cm³/mol. The third-order valence-electron chi connectivity index (χ3n) is 4.31. The van der Waals surface area contributed by atoms with E-state index < -0.39 is 0 Å². The molecule has 0 fully saturated rings. The normalized spacial score (nSPS) is 10.9. The molecule has 3 N–H and O–H groups in total. The highest BCUT2D eigenvalue weighted by Crippen LogP contribution is 2.18. The minimum absolute atomic E-state index is 0.0815. The molecule has 0 saturated carbocycles. The van der Waals surface area contributed by atoms with E-state index in [9.17, 15) is 9.59 Å². The molecule has 0 aliphatic carbocycles. The summed E-state index contributed by atoms with van der Waals surface area (Å²) in [4.78, 5) is 24.3. The van der Waals surface area contributed by atoms with E-state index in [0.29, 0.717) is 17.0 Å². The molecule has 0 heterocycles. The van der Waals surface area contributed by atoms with Gasteiger partial charge in [-0.05, 0) is 62.4 Å². The lowest BCUT2D eigenvalue weighted by atomic mass is 10.1. The molecule has 3 rings (SSSR count). The lowest BCUT2D eigenvalue weighted by Gasteiger charge is -2.09. The van der Waals surface area contributed by atoms with Crippen LogP contribution < -0.4 is 16.1 Å². The van der Waals surface area contributed by atoms with Gasteiger partial charge < -0.3 is 10.6 Å². The second-order valence-electron chi connectivity index (χ2n) is 6.95. The van der Waals surface area contributed by atoms with Gasteiger partial charge in [-0.2, -0.15) is 5.10 Å². The zero-order valence-electron chi connectivity index (χ0n) is 17.0. The summed E-state index contributed by atoms with van der Waals surface area (Å²) < 4.78 is 0. The second-order valence-corrected chi connectivity index (χ2v) is 6.95. The second kappa shape index (κ2) is 10.0. The highest BCUT2D eigenvalue weighted by Gasteiger charge is 2.07. The number of rotatable bonds is 7. The number of carbonyl (C=O) groups excluding carboxylic acids is 2. The fraction of sp³-hybridized carbons (Fsp3) is 0.125. The molecule has 6 nitrogen and oxygen atoms in total. The van der Waals surface area contributed by atoms with Crippen LogP contribution in [-0.4, -0.2) is 17.5 Å². The van der Waals surface area contributed by atoms with Crippen molar-refractivity contribution in [3.05, 3.63) is 90.0 Å². The monoisotopic (exact) mass is 400 g/mol. The summed E-state index contributed by atoms with van der Waals surface area (Å²) in [6.45, 7) is 3.65. The number of hydrogen-bond acceptors (Lipinski definition) is 4. The maximum absolute atomic E-state index is 12.2. The molecule has 6 heteroatoms. The molecule has 152 valence electrons. The highest BCUT2D eigenvalue weighted by molar-refractivity contribution is 6.06. The van der Waals surface area contributed by atoms with Crippen LogP contribution in [0.5, 0.6) is 0 Å². The molecule has 0 aliphatic heterocycles. The molecule has 3 aromatic carbocycles. The van der Waals surface area contributed by atoms with Gasteiger partial charge in [0.15, 0.2) is 0 Å². The Bertz CT molecular complexity index is 1030. The molecular weight excluding hydrogens is 376 g/mol. The van der Waals surface area contributed by atoms with E-state index in [1.165, 1.54) is 0 Å². The molecule has 0 radical (unpaired) electrons. The van der Waals surface area contributed by atoms with E-state index in [1.807, 2.05) is 73.7 Å². The first-order valence-electron chi connectivity index (χ1n) is 9.62. The van der Waals surface area contributed by atoms with Gasteiger partial charge in [0.25, 0.3) is 5.91 Å². The summed E-state index contributed by atoms with van der Waals surface area (Å²) in [7, 11) is 0. The first-order valence-corrected chi connectivity index (χ1v) is 9.62. The van der Waals surface area contributed by atoms with Crippen LogP contribution in [0.2, 0.25) is 0 Å². The average Bonchev–Trinajstić information content (AvgIpc) is 2.74. The van der Waals surface area contributed by atoms with Crippen LogP contribution in [0.3, 0.4) is 0 Å². The van der Waals surface area contributed by atoms with E-state index in [1.54, 1.807) is 19.1 Å². The van der Waals surface area contributed by atoms with Crippen molar-refractivity contribution in [2.45, 2.75) is 20.3 Å². The van der Waals surface area contributed by atoms with Crippen molar-refractivity contribution in [1.29, 1.82) is 0 Å². The minimum Gasteiger partial charge on any atom is -0.356 e. The number of nitrogens with one attached hydrogen (secondary N) is 3. The first-order chi connectivity index (χ1) is 14.5. The van der Waals surface area contributed by atoms with Crippen molar-refractivity contribution >= 4 is 34.6 Å². The number of aryl methyl sites for hydroxylation is 1. The van der Waals surface area contributed by atoms with Gasteiger partial charge in [-0.15, -0.1) is 0 Å². The van der Waals surface area contributed by atoms with E-state index in [4.69, 9.17) is 0 Å². The van der Waals surface area contributed by atoms with Gasteiger partial charge in [-0.1, -0.05) is 35.9 Å². The van der Waals surface area contributed by atoms with Crippen LogP contribution in [0.25, 0.3) is 0 Å². The molecule has 0 aliphatic rings. The SMILES string of the molecule is C/C(CC(=O)Nc1ccc(Nc2ccccc2)cc1)=N\NC(=O)c1ccc(C)cc1. The summed E-state index contributed by atoms with van der Waals surface area (Å²) in [6.07, 6.45) is 0.0815. The maximum Gasteiger partial charge on any atom is 0.271 e. The average molecular weight is 400 g/mol. The summed E-state index contributed by atoms with van der Waals surface area (Å²) >= 11 is 0. The van der Waals surface area contributed by atoms with Crippen LogP contribution in [0, 0.1) is 6.92 Å². The fourth-order valence-electron chi connectivity index (χ4n) is 2.72. The molecule has 0 aromatic heterocycles. The zero-order chi connectivity index (χ0) is 21.3. The smallest absolute Gasteiger partial charge is 0.271 e. The van der Waals surface area contributed by atoms with E-state index in [2.05, 4.69) is 21.2 Å². The lowest BCUT2D eigenvalue weighted by molar-refractivity contribution is -0.115. The third-order valence-corrected chi connectivity index (χ3v) is 4.31. The highest BCUT2D eigenvalue weighted by atomic mass is 16.2. The third kappa shape index (κ3) is 6.31. The molecular formula is C24H24N4O2. The van der Waals surface area contributed by atoms with Gasteiger partial charge in [0.05, 0.1) is 6.42 Å². The molecule has 0 spiro atoms. The number of benzene rings is 3. The van der Waals surface area contributed by atoms with Crippen LogP contribution >= 0.6 is 0 Å². The standard InChI is InChI=1S/C24H24N4O2/c1-17-8-10-19(11-9-17)24(30)28-27-18(2)16-23(29)26-22-14-12-21(13-15-22)25-20-6-4-3-5-7-20/h3-15,25H,16H2,1-2H3,(H,26,29)(H,28,30)/b27-18+. The Kier molecular flexibility index (Phi) is 6.95. The Hall–Kier alpha value is -3.93. The number of hydrazone groups is 1. The summed E-state index contributed by atoms with van der Waals surface area (Å²) in [5, 5.41) is 10.1. The molecule has 0 atom stereocenters. The number of amides is 2. The van der Waals surface area contributed by atoms with Gasteiger partial charge in [0.2, 0.25) is 5.91 Å². The number of nitrogens with zero attached hydrogens (tertiary/aromatic N) is 1. The Morgan fingerprint density at radius 3 is 2.07 bits per heavy atom. The van der Waals surface area contributed by atoms with E-state index in [0.717, 1.165) is 16.9 Å². The molecule has 0 saturated heterocycles. The Morgan fingerprint density at radius 1 is 0.800 bits per heavy atom. The Labute approximate surface area is 176 Å². The van der Waals surface area contributed by atoms with Crippen molar-refractivity contribution in [2.24, 2.45) is 5.10 Å². The number of hydrogen-bond donors (Lipinski definition) is 3. The van der Waals surface area contributed by atoms with Gasteiger partial charge in [0.1, 0.15) is 0 Å². The summed E-state index contributed by atoms with van der Waals surface area (Å²) in [5.74, 6) is -0.513. The predicted octanol–water partition coefficient (Wildman–Crippen LogP) is 4.87. The Morgan fingerprint density at radius 2 is 1.40 bits per heavy atom. The van der Waals surface area contributed by atoms with Crippen molar-refractivity contribution in [2.75, 3.05) is 10.6 Å². The molecule has 0 unspecified atom stereocenters. The Balaban J connectivity index is 1.48. The van der Waals surface area contributed by atoms with E-state index in [-0.39, 0.29) is 18.2 Å². The van der Waals surface area contributed by atoms with Crippen molar-refractivity contribution in [3.63, 3.8) is 0 Å². The molecule has 2 amide bonds. The van der Waals surface area contributed by atoms with Gasteiger partial charge in [-0.25, -0.2) is 5.43 Å². The molecule has 3 aromatic rings. The first kappa shape index (κ1) is 20.8. The quantitative estimate of drug-likeness (QED) is 0.391. The number of anilines is 3. The largest absolute Gasteiger partial charge is 0.356 e. The van der Waals surface area contributed by atoms with Crippen molar-refractivity contribution < 1.29 is 9.59 Å². The topological polar surface area (TPSA) is 82.6 Å². The minimum atomic E-state index is -0.309. The summed E-state index contributed by atoms with van der Waals surface area (Å²) in [5.41, 5.74) is 7.19. The maximum atomic E-state index is 12.2. The van der Waals surface area contributed by atoms with Gasteiger partial charge in [-0.3, -0.25) is 9.59 Å². The molecule has 0 bridgehead atoms. The number of para-hydroxylation sites is 1. The van der Waals surface area contributed by atoms with Crippen LogP contribution in [0.4, 0.5) is 17.1 Å². The van der Waals surface area contributed by atoms with Crippen LogP contribution in [-0.2, 0) is 4.79 Å². The molecule has 30 heavy (non-hydrogen) atoms. The number of carbonyl (C=O) groups is 2. The zero-order valence-corrected chi connectivity index (χ0v) is 17.0. The summed E-state index contributed by atoms with van der Waals surface area (Å²) in [6, 6.07) is 24.5. The van der Waals surface area contributed by atoms with Crippen molar-refractivity contribution in [1.82, 2.24) is 5.43 Å². The fourth-order valence-corrected chi connectivity index (χ4v) is 2.72. The van der Waals surface area contributed by atoms with Crippen LogP contribution in [0.1, 0.15) is 29.3 Å². The lowest BCUT2D eigenvalue weighted by Crippen LogP contribution is -2.21.